The molecule has 7 nitrogen and oxygen atoms in total. The average Bonchev–Trinajstić information content (AvgIpc) is 2.98. The summed E-state index contributed by atoms with van der Waals surface area (Å²) in [5.41, 5.74) is 1.94. The van der Waals surface area contributed by atoms with Crippen LogP contribution in [0, 0.1) is 6.92 Å². The van der Waals surface area contributed by atoms with Crippen molar-refractivity contribution in [2.75, 3.05) is 10.8 Å². The van der Waals surface area contributed by atoms with Gasteiger partial charge in [-0.15, -0.1) is 0 Å². The maximum Gasteiger partial charge on any atom is 0.264 e. The standard InChI is InChI=1S/C32H37Cl2N3O4S/c1-3-30(32(39)35-25-10-6-4-7-11-25)36(21-24-16-19-28(33)29(34)20-24)31(38)22-37(26-12-8-5-9-13-26)42(40,41)27-17-14-23(2)15-18-27/h5,8-9,12-20,25,30H,3-4,6-7,10-11,21-22H2,1-2H3,(H,35,39). The molecule has 3 aromatic rings. The monoisotopic (exact) mass is 629 g/mol. The van der Waals surface area contributed by atoms with Crippen molar-refractivity contribution >= 4 is 50.7 Å². The van der Waals surface area contributed by atoms with Gasteiger partial charge < -0.3 is 10.2 Å². The van der Waals surface area contributed by atoms with E-state index in [1.54, 1.807) is 60.7 Å². The van der Waals surface area contributed by atoms with Crippen molar-refractivity contribution < 1.29 is 18.0 Å². The quantitative estimate of drug-likeness (QED) is 0.254. The zero-order valence-electron chi connectivity index (χ0n) is 23.9. The molecule has 224 valence electrons. The fraction of sp³-hybridized carbons (Fsp3) is 0.375. The first-order valence-corrected chi connectivity index (χ1v) is 16.5. The van der Waals surface area contributed by atoms with Gasteiger partial charge in [-0.1, -0.05) is 91.3 Å². The molecule has 1 N–H and O–H groups in total. The Bertz CT molecular complexity index is 1480. The lowest BCUT2D eigenvalue weighted by atomic mass is 9.95. The number of hydrogen-bond acceptors (Lipinski definition) is 4. The van der Waals surface area contributed by atoms with E-state index in [0.29, 0.717) is 27.7 Å². The maximum atomic E-state index is 14.2. The zero-order valence-corrected chi connectivity index (χ0v) is 26.3. The largest absolute Gasteiger partial charge is 0.352 e. The van der Waals surface area contributed by atoms with Crippen molar-refractivity contribution in [2.24, 2.45) is 0 Å². The SMILES string of the molecule is CCC(C(=O)NC1CCCCC1)N(Cc1ccc(Cl)c(Cl)c1)C(=O)CN(c1ccccc1)S(=O)(=O)c1ccc(C)cc1. The summed E-state index contributed by atoms with van der Waals surface area (Å²) in [6.07, 6.45) is 5.41. The van der Waals surface area contributed by atoms with Crippen LogP contribution in [0.3, 0.4) is 0 Å². The lowest BCUT2D eigenvalue weighted by molar-refractivity contribution is -0.140. The van der Waals surface area contributed by atoms with Gasteiger partial charge >= 0.3 is 0 Å². The van der Waals surface area contributed by atoms with Gasteiger partial charge in [-0.05, 0) is 68.1 Å². The number of nitrogens with one attached hydrogen (secondary N) is 1. The number of amides is 2. The van der Waals surface area contributed by atoms with Gasteiger partial charge in [0.2, 0.25) is 11.8 Å². The molecular formula is C32H37Cl2N3O4S. The van der Waals surface area contributed by atoms with Crippen LogP contribution in [0.2, 0.25) is 10.0 Å². The number of halogens is 2. The van der Waals surface area contributed by atoms with E-state index in [4.69, 9.17) is 23.2 Å². The molecular weight excluding hydrogens is 593 g/mol. The minimum atomic E-state index is -4.11. The van der Waals surface area contributed by atoms with Crippen LogP contribution in [0.5, 0.6) is 0 Å². The van der Waals surface area contributed by atoms with E-state index >= 15 is 0 Å². The lowest BCUT2D eigenvalue weighted by Gasteiger charge is -2.34. The van der Waals surface area contributed by atoms with Gasteiger partial charge in [-0.25, -0.2) is 8.42 Å². The van der Waals surface area contributed by atoms with Gasteiger partial charge in [0, 0.05) is 12.6 Å². The number of benzene rings is 3. The molecule has 0 saturated heterocycles. The fourth-order valence-corrected chi connectivity index (χ4v) is 6.99. The third-order valence-corrected chi connectivity index (χ3v) is 10.1. The lowest BCUT2D eigenvalue weighted by Crippen LogP contribution is -2.54. The third-order valence-electron chi connectivity index (χ3n) is 7.61. The van der Waals surface area contributed by atoms with Crippen molar-refractivity contribution in [3.8, 4) is 0 Å². The molecule has 0 spiro atoms. The number of rotatable bonds is 11. The molecule has 0 heterocycles. The van der Waals surface area contributed by atoms with Gasteiger partial charge in [0.25, 0.3) is 10.0 Å². The second-order valence-electron chi connectivity index (χ2n) is 10.7. The zero-order chi connectivity index (χ0) is 30.3. The number of nitrogens with zero attached hydrogens (tertiary/aromatic N) is 2. The van der Waals surface area contributed by atoms with Crippen LogP contribution in [0.4, 0.5) is 5.69 Å². The van der Waals surface area contributed by atoms with E-state index in [1.807, 2.05) is 13.8 Å². The van der Waals surface area contributed by atoms with E-state index in [1.165, 1.54) is 17.0 Å². The van der Waals surface area contributed by atoms with Crippen LogP contribution >= 0.6 is 23.2 Å². The van der Waals surface area contributed by atoms with Crippen LogP contribution < -0.4 is 9.62 Å². The van der Waals surface area contributed by atoms with E-state index in [2.05, 4.69) is 5.32 Å². The van der Waals surface area contributed by atoms with Crippen LogP contribution in [-0.4, -0.2) is 43.8 Å². The van der Waals surface area contributed by atoms with E-state index in [0.717, 1.165) is 42.0 Å². The highest BCUT2D eigenvalue weighted by molar-refractivity contribution is 7.92. The van der Waals surface area contributed by atoms with E-state index in [9.17, 15) is 18.0 Å². The van der Waals surface area contributed by atoms with E-state index < -0.39 is 28.5 Å². The number of anilines is 1. The molecule has 1 atom stereocenters. The fourth-order valence-electron chi connectivity index (χ4n) is 5.26. The van der Waals surface area contributed by atoms with Crippen LogP contribution in [0.1, 0.15) is 56.6 Å². The summed E-state index contributed by atoms with van der Waals surface area (Å²) in [7, 11) is -4.11. The first kappa shape index (κ1) is 31.9. The van der Waals surface area contributed by atoms with Crippen LogP contribution in [0.15, 0.2) is 77.7 Å². The van der Waals surface area contributed by atoms with Crippen molar-refractivity contribution in [3.63, 3.8) is 0 Å². The Morgan fingerprint density at radius 1 is 0.929 bits per heavy atom. The number of sulfonamides is 1. The van der Waals surface area contributed by atoms with Gasteiger partial charge in [-0.2, -0.15) is 0 Å². The van der Waals surface area contributed by atoms with Gasteiger partial charge in [0.05, 0.1) is 20.6 Å². The summed E-state index contributed by atoms with van der Waals surface area (Å²) >= 11 is 12.4. The molecule has 2 amide bonds. The number of para-hydroxylation sites is 1. The van der Waals surface area contributed by atoms with Crippen molar-refractivity contribution in [1.82, 2.24) is 10.2 Å². The predicted octanol–water partition coefficient (Wildman–Crippen LogP) is 6.75. The summed E-state index contributed by atoms with van der Waals surface area (Å²) in [6.45, 7) is 3.28. The second kappa shape index (κ2) is 14.4. The Morgan fingerprint density at radius 2 is 1.60 bits per heavy atom. The molecule has 1 aliphatic carbocycles. The Kier molecular flexibility index (Phi) is 10.9. The molecule has 1 saturated carbocycles. The molecule has 0 aromatic heterocycles. The van der Waals surface area contributed by atoms with Crippen LogP contribution in [-0.2, 0) is 26.2 Å². The predicted molar refractivity (Wildman–Crippen MR) is 168 cm³/mol. The molecule has 4 rings (SSSR count). The molecule has 1 fully saturated rings. The minimum absolute atomic E-state index is 0.0551. The topological polar surface area (TPSA) is 86.8 Å². The Morgan fingerprint density at radius 3 is 2.21 bits per heavy atom. The molecule has 0 radical (unpaired) electrons. The van der Waals surface area contributed by atoms with Gasteiger partial charge in [0.15, 0.2) is 0 Å². The normalized spacial score (nSPS) is 14.7. The highest BCUT2D eigenvalue weighted by Crippen LogP contribution is 2.27. The maximum absolute atomic E-state index is 14.2. The Labute approximate surface area is 258 Å². The second-order valence-corrected chi connectivity index (χ2v) is 13.4. The number of hydrogen-bond donors (Lipinski definition) is 1. The molecule has 10 heteroatoms. The molecule has 1 unspecified atom stereocenters. The highest BCUT2D eigenvalue weighted by atomic mass is 35.5. The molecule has 0 bridgehead atoms. The molecule has 3 aromatic carbocycles. The highest BCUT2D eigenvalue weighted by Gasteiger charge is 2.34. The Balaban J connectivity index is 1.70. The number of aryl methyl sites for hydroxylation is 1. The van der Waals surface area contributed by atoms with Crippen molar-refractivity contribution in [3.05, 3.63) is 94.0 Å². The summed E-state index contributed by atoms with van der Waals surface area (Å²) < 4.78 is 28.9. The van der Waals surface area contributed by atoms with Crippen molar-refractivity contribution in [2.45, 2.75) is 75.9 Å². The molecule has 42 heavy (non-hydrogen) atoms. The summed E-state index contributed by atoms with van der Waals surface area (Å²) in [4.78, 5) is 29.3. The first-order chi connectivity index (χ1) is 20.1. The van der Waals surface area contributed by atoms with Gasteiger partial charge in [0.1, 0.15) is 12.6 Å². The Hall–Kier alpha value is -3.07. The molecule has 0 aliphatic heterocycles. The molecule has 1 aliphatic rings. The average molecular weight is 631 g/mol. The smallest absolute Gasteiger partial charge is 0.264 e. The third kappa shape index (κ3) is 7.85. The summed E-state index contributed by atoms with van der Waals surface area (Å²) in [5, 5.41) is 3.85. The number of carbonyl (C=O) groups excluding carboxylic acids is 2. The summed E-state index contributed by atoms with van der Waals surface area (Å²) in [6, 6.07) is 19.3. The van der Waals surface area contributed by atoms with Crippen molar-refractivity contribution in [1.29, 1.82) is 0 Å². The van der Waals surface area contributed by atoms with Gasteiger partial charge in [-0.3, -0.25) is 13.9 Å². The van der Waals surface area contributed by atoms with Crippen LogP contribution in [0.25, 0.3) is 0 Å². The first-order valence-electron chi connectivity index (χ1n) is 14.3. The minimum Gasteiger partial charge on any atom is -0.352 e. The van der Waals surface area contributed by atoms with E-state index in [-0.39, 0.29) is 23.4 Å². The summed E-state index contributed by atoms with van der Waals surface area (Å²) in [5.74, 6) is -0.753. The number of carbonyl (C=O) groups is 2.